The lowest BCUT2D eigenvalue weighted by Gasteiger charge is -2.06. The van der Waals surface area contributed by atoms with E-state index >= 15 is 0 Å². The van der Waals surface area contributed by atoms with E-state index in [1.807, 2.05) is 0 Å². The molecule has 1 aliphatic carbocycles. The molecule has 0 radical (unpaired) electrons. The zero-order chi connectivity index (χ0) is 14.4. The van der Waals surface area contributed by atoms with Crippen molar-refractivity contribution in [1.29, 1.82) is 0 Å². The van der Waals surface area contributed by atoms with Gasteiger partial charge in [-0.15, -0.1) is 0 Å². The molecule has 21 heavy (non-hydrogen) atoms. The first-order valence-electron chi connectivity index (χ1n) is 6.98. The summed E-state index contributed by atoms with van der Waals surface area (Å²) in [6, 6.07) is 13.0. The Morgan fingerprint density at radius 3 is 2.52 bits per heavy atom. The van der Waals surface area contributed by atoms with Crippen LogP contribution in [0.3, 0.4) is 0 Å². The van der Waals surface area contributed by atoms with Gasteiger partial charge in [-0.05, 0) is 54.3 Å². The van der Waals surface area contributed by atoms with E-state index in [1.54, 1.807) is 0 Å². The Hall–Kier alpha value is -1.32. The molecule has 1 aromatic heterocycles. The summed E-state index contributed by atoms with van der Waals surface area (Å²) in [4.78, 5) is 3.55. The molecule has 0 atom stereocenters. The van der Waals surface area contributed by atoms with Gasteiger partial charge in [0.25, 0.3) is 0 Å². The summed E-state index contributed by atoms with van der Waals surface area (Å²) in [7, 11) is 0. The Kier molecular flexibility index (Phi) is 3.27. The molecule has 3 heteroatoms. The third-order valence-corrected chi connectivity index (χ3v) is 4.88. The molecule has 0 bridgehead atoms. The lowest BCUT2D eigenvalue weighted by atomic mass is 9.99. The van der Waals surface area contributed by atoms with E-state index in [1.165, 1.54) is 33.3 Å². The highest BCUT2D eigenvalue weighted by Gasteiger charge is 2.12. The maximum atomic E-state index is 3.57. The quantitative estimate of drug-likeness (QED) is 0.490. The molecule has 1 nitrogen and oxygen atoms in total. The molecule has 1 heterocycles. The number of H-pyrrole nitrogens is 1. The summed E-state index contributed by atoms with van der Waals surface area (Å²) in [5.74, 6) is 0. The maximum absolute atomic E-state index is 3.57. The van der Waals surface area contributed by atoms with Gasteiger partial charge in [0, 0.05) is 31.1 Å². The van der Waals surface area contributed by atoms with E-state index in [0.29, 0.717) is 0 Å². The van der Waals surface area contributed by atoms with Crippen LogP contribution in [0.25, 0.3) is 28.1 Å². The van der Waals surface area contributed by atoms with Crippen molar-refractivity contribution in [1.82, 2.24) is 4.98 Å². The SMILES string of the molecule is Brc1cc(Br)cc(-c2ccc3[nH]c4c(c3c2)C=CCC4)c1. The van der Waals surface area contributed by atoms with Crippen molar-refractivity contribution < 1.29 is 0 Å². The van der Waals surface area contributed by atoms with Crippen molar-refractivity contribution in [3.63, 3.8) is 0 Å². The van der Waals surface area contributed by atoms with Crippen molar-refractivity contribution in [2.75, 3.05) is 0 Å². The summed E-state index contributed by atoms with van der Waals surface area (Å²) in [6.07, 6.45) is 6.75. The van der Waals surface area contributed by atoms with Crippen molar-refractivity contribution >= 4 is 48.8 Å². The molecule has 0 saturated carbocycles. The van der Waals surface area contributed by atoms with Gasteiger partial charge in [-0.2, -0.15) is 0 Å². The van der Waals surface area contributed by atoms with Crippen LogP contribution in [0.2, 0.25) is 0 Å². The summed E-state index contributed by atoms with van der Waals surface area (Å²) in [6.45, 7) is 0. The average molecular weight is 403 g/mol. The van der Waals surface area contributed by atoms with Gasteiger partial charge in [0.1, 0.15) is 0 Å². The molecule has 0 spiro atoms. The zero-order valence-corrected chi connectivity index (χ0v) is 14.5. The molecule has 0 amide bonds. The highest BCUT2D eigenvalue weighted by molar-refractivity contribution is 9.11. The Bertz CT molecular complexity index is 854. The first kappa shape index (κ1) is 13.4. The number of allylic oxidation sites excluding steroid dienone is 1. The summed E-state index contributed by atoms with van der Waals surface area (Å²) in [5, 5.41) is 1.31. The topological polar surface area (TPSA) is 15.8 Å². The number of nitrogens with one attached hydrogen (secondary N) is 1. The van der Waals surface area contributed by atoms with E-state index in [4.69, 9.17) is 0 Å². The Labute approximate surface area is 140 Å². The minimum Gasteiger partial charge on any atom is -0.358 e. The zero-order valence-electron chi connectivity index (χ0n) is 11.3. The van der Waals surface area contributed by atoms with Gasteiger partial charge in [-0.1, -0.05) is 50.1 Å². The summed E-state index contributed by atoms with van der Waals surface area (Å²) >= 11 is 7.13. The number of rotatable bonds is 1. The first-order chi connectivity index (χ1) is 10.2. The predicted octanol–water partition coefficient (Wildman–Crippen LogP) is 6.32. The standard InChI is InChI=1S/C18H13Br2N/c19-13-7-12(8-14(20)10-13)11-5-6-18-16(9-11)15-3-1-2-4-17(15)21-18/h1,3,5-10,21H,2,4H2. The fourth-order valence-electron chi connectivity index (χ4n) is 2.99. The second kappa shape index (κ2) is 5.15. The Balaban J connectivity index is 1.92. The van der Waals surface area contributed by atoms with E-state index < -0.39 is 0 Å². The molecule has 1 N–H and O–H groups in total. The van der Waals surface area contributed by atoms with Gasteiger partial charge in [-0.3, -0.25) is 0 Å². The van der Waals surface area contributed by atoms with Crippen molar-refractivity contribution in [2.45, 2.75) is 12.8 Å². The van der Waals surface area contributed by atoms with Crippen LogP contribution in [0, 0.1) is 0 Å². The fourth-order valence-corrected chi connectivity index (χ4v) is 4.28. The van der Waals surface area contributed by atoms with Gasteiger partial charge in [-0.25, -0.2) is 0 Å². The van der Waals surface area contributed by atoms with Crippen molar-refractivity contribution in [2.24, 2.45) is 0 Å². The maximum Gasteiger partial charge on any atom is 0.0462 e. The number of halogens is 2. The average Bonchev–Trinajstić information content (AvgIpc) is 2.84. The smallest absolute Gasteiger partial charge is 0.0462 e. The van der Waals surface area contributed by atoms with Crippen LogP contribution in [-0.2, 0) is 6.42 Å². The van der Waals surface area contributed by atoms with Crippen LogP contribution in [-0.4, -0.2) is 4.98 Å². The molecule has 0 fully saturated rings. The molecular weight excluding hydrogens is 390 g/mol. The first-order valence-corrected chi connectivity index (χ1v) is 8.57. The van der Waals surface area contributed by atoms with Gasteiger partial charge in [0.05, 0.1) is 0 Å². The summed E-state index contributed by atoms with van der Waals surface area (Å²) in [5.41, 5.74) is 6.40. The van der Waals surface area contributed by atoms with Crippen LogP contribution >= 0.6 is 31.9 Å². The van der Waals surface area contributed by atoms with Crippen LogP contribution in [0.1, 0.15) is 17.7 Å². The normalized spacial score (nSPS) is 13.6. The minimum atomic E-state index is 1.09. The van der Waals surface area contributed by atoms with Gasteiger partial charge in [0.15, 0.2) is 0 Å². The number of hydrogen-bond acceptors (Lipinski definition) is 0. The predicted molar refractivity (Wildman–Crippen MR) is 96.5 cm³/mol. The van der Waals surface area contributed by atoms with Crippen LogP contribution < -0.4 is 0 Å². The second-order valence-electron chi connectivity index (χ2n) is 5.38. The number of hydrogen-bond donors (Lipinski definition) is 1. The number of benzene rings is 2. The number of aromatic nitrogens is 1. The molecule has 1 aliphatic rings. The lowest BCUT2D eigenvalue weighted by Crippen LogP contribution is -1.90. The summed E-state index contributed by atoms with van der Waals surface area (Å²) < 4.78 is 2.17. The van der Waals surface area contributed by atoms with E-state index in [-0.39, 0.29) is 0 Å². The van der Waals surface area contributed by atoms with Crippen LogP contribution in [0.5, 0.6) is 0 Å². The molecule has 104 valence electrons. The highest BCUT2D eigenvalue weighted by Crippen LogP contribution is 2.33. The third-order valence-electron chi connectivity index (χ3n) is 3.96. The van der Waals surface area contributed by atoms with E-state index in [2.05, 4.69) is 85.4 Å². The Morgan fingerprint density at radius 1 is 0.905 bits per heavy atom. The number of fused-ring (bicyclic) bond motifs is 3. The Morgan fingerprint density at radius 2 is 1.71 bits per heavy atom. The second-order valence-corrected chi connectivity index (χ2v) is 7.21. The van der Waals surface area contributed by atoms with E-state index in [9.17, 15) is 0 Å². The minimum absolute atomic E-state index is 1.09. The van der Waals surface area contributed by atoms with Crippen LogP contribution in [0.4, 0.5) is 0 Å². The molecule has 2 aromatic carbocycles. The molecule has 0 unspecified atom stereocenters. The molecular formula is C18H13Br2N. The van der Waals surface area contributed by atoms with Crippen molar-refractivity contribution in [3.05, 3.63) is 62.7 Å². The highest BCUT2D eigenvalue weighted by atomic mass is 79.9. The third kappa shape index (κ3) is 2.39. The van der Waals surface area contributed by atoms with Gasteiger partial charge in [0.2, 0.25) is 0 Å². The molecule has 4 rings (SSSR count). The molecule has 3 aromatic rings. The van der Waals surface area contributed by atoms with Crippen LogP contribution in [0.15, 0.2) is 51.4 Å². The monoisotopic (exact) mass is 401 g/mol. The van der Waals surface area contributed by atoms with Crippen molar-refractivity contribution in [3.8, 4) is 11.1 Å². The largest absolute Gasteiger partial charge is 0.358 e. The van der Waals surface area contributed by atoms with Gasteiger partial charge >= 0.3 is 0 Å². The molecule has 0 aliphatic heterocycles. The van der Waals surface area contributed by atoms with E-state index in [0.717, 1.165) is 21.8 Å². The molecule has 0 saturated heterocycles. The number of aryl methyl sites for hydroxylation is 1. The lowest BCUT2D eigenvalue weighted by molar-refractivity contribution is 0.951. The van der Waals surface area contributed by atoms with Gasteiger partial charge < -0.3 is 4.98 Å². The number of aromatic amines is 1. The fraction of sp³-hybridized carbons (Fsp3) is 0.111.